The summed E-state index contributed by atoms with van der Waals surface area (Å²) in [4.78, 5) is 20.5. The van der Waals surface area contributed by atoms with Crippen molar-refractivity contribution >= 4 is 23.5 Å². The normalized spacial score (nSPS) is 17.4. The van der Waals surface area contributed by atoms with E-state index in [0.717, 1.165) is 18.5 Å². The van der Waals surface area contributed by atoms with Gasteiger partial charge in [0.25, 0.3) is 0 Å². The van der Waals surface area contributed by atoms with Crippen LogP contribution in [0.15, 0.2) is 11.2 Å². The molecule has 0 aliphatic heterocycles. The molecule has 0 aromatic carbocycles. The molecular formula is C13H20N4OS. The lowest BCUT2D eigenvalue weighted by Crippen LogP contribution is -2.37. The van der Waals surface area contributed by atoms with Crippen LogP contribution in [0.3, 0.4) is 0 Å². The second kappa shape index (κ2) is 6.23. The highest BCUT2D eigenvalue weighted by atomic mass is 32.2. The Kier molecular flexibility index (Phi) is 4.63. The standard InChI is InChI=1S/C13H20N4OS/c1-8-7-11(14)17-13(15-8)19-9(2)12(18)16-10-5-3-4-6-10/h7,9-10H,3-6H2,1-2H3,(H,16,18)(H2,14,15,17)/t9-/m1/s1. The Morgan fingerprint density at radius 2 is 2.16 bits per heavy atom. The maximum absolute atomic E-state index is 12.1. The van der Waals surface area contributed by atoms with Gasteiger partial charge in [-0.05, 0) is 26.7 Å². The molecule has 0 radical (unpaired) electrons. The number of thioether (sulfide) groups is 1. The lowest BCUT2D eigenvalue weighted by molar-refractivity contribution is -0.120. The highest BCUT2D eigenvalue weighted by Gasteiger charge is 2.22. The lowest BCUT2D eigenvalue weighted by atomic mass is 10.2. The summed E-state index contributed by atoms with van der Waals surface area (Å²) in [7, 11) is 0. The Morgan fingerprint density at radius 1 is 1.47 bits per heavy atom. The molecule has 6 heteroatoms. The first-order valence-corrected chi connectivity index (χ1v) is 7.51. The third-order valence-electron chi connectivity index (χ3n) is 3.21. The van der Waals surface area contributed by atoms with E-state index in [2.05, 4.69) is 15.3 Å². The molecule has 1 heterocycles. The van der Waals surface area contributed by atoms with Crippen LogP contribution < -0.4 is 11.1 Å². The second-order valence-electron chi connectivity index (χ2n) is 4.97. The number of carbonyl (C=O) groups is 1. The minimum Gasteiger partial charge on any atom is -0.384 e. The maximum atomic E-state index is 12.1. The molecule has 0 saturated heterocycles. The minimum atomic E-state index is -0.207. The number of carbonyl (C=O) groups excluding carboxylic acids is 1. The van der Waals surface area contributed by atoms with Crippen LogP contribution in [-0.2, 0) is 4.79 Å². The Hall–Kier alpha value is -1.30. The first-order valence-electron chi connectivity index (χ1n) is 6.63. The van der Waals surface area contributed by atoms with Gasteiger partial charge < -0.3 is 11.1 Å². The van der Waals surface area contributed by atoms with Crippen molar-refractivity contribution in [3.05, 3.63) is 11.8 Å². The first-order chi connectivity index (χ1) is 9.04. The van der Waals surface area contributed by atoms with E-state index in [9.17, 15) is 4.79 Å². The summed E-state index contributed by atoms with van der Waals surface area (Å²) in [6, 6.07) is 2.06. The molecule has 1 atom stereocenters. The van der Waals surface area contributed by atoms with Gasteiger partial charge in [-0.25, -0.2) is 9.97 Å². The van der Waals surface area contributed by atoms with Crippen molar-refractivity contribution in [2.45, 2.75) is 56.0 Å². The van der Waals surface area contributed by atoms with Crippen LogP contribution in [0.2, 0.25) is 0 Å². The van der Waals surface area contributed by atoms with Crippen LogP contribution in [0.4, 0.5) is 5.82 Å². The molecular weight excluding hydrogens is 260 g/mol. The third kappa shape index (κ3) is 4.09. The number of nitrogens with zero attached hydrogens (tertiary/aromatic N) is 2. The topological polar surface area (TPSA) is 80.9 Å². The molecule has 0 unspecified atom stereocenters. The molecule has 1 aliphatic rings. The number of rotatable bonds is 4. The van der Waals surface area contributed by atoms with Gasteiger partial charge in [0, 0.05) is 17.8 Å². The summed E-state index contributed by atoms with van der Waals surface area (Å²) >= 11 is 1.35. The Balaban J connectivity index is 1.91. The van der Waals surface area contributed by atoms with Gasteiger partial charge in [0.05, 0.1) is 5.25 Å². The first kappa shape index (κ1) is 14.1. The fourth-order valence-electron chi connectivity index (χ4n) is 2.22. The van der Waals surface area contributed by atoms with Crippen molar-refractivity contribution in [2.24, 2.45) is 0 Å². The summed E-state index contributed by atoms with van der Waals surface area (Å²) < 4.78 is 0. The van der Waals surface area contributed by atoms with Crippen molar-refractivity contribution in [1.29, 1.82) is 0 Å². The molecule has 2 rings (SSSR count). The van der Waals surface area contributed by atoms with Gasteiger partial charge >= 0.3 is 0 Å². The number of amides is 1. The number of hydrogen-bond donors (Lipinski definition) is 2. The van der Waals surface area contributed by atoms with E-state index in [1.807, 2.05) is 13.8 Å². The SMILES string of the molecule is Cc1cc(N)nc(S[C@H](C)C(=O)NC2CCCC2)n1. The van der Waals surface area contributed by atoms with Crippen LogP contribution in [0.1, 0.15) is 38.3 Å². The van der Waals surface area contributed by atoms with E-state index >= 15 is 0 Å². The smallest absolute Gasteiger partial charge is 0.233 e. The average Bonchev–Trinajstić information content (AvgIpc) is 2.80. The van der Waals surface area contributed by atoms with Gasteiger partial charge in [-0.3, -0.25) is 4.79 Å². The molecule has 5 nitrogen and oxygen atoms in total. The van der Waals surface area contributed by atoms with E-state index in [1.54, 1.807) is 6.07 Å². The van der Waals surface area contributed by atoms with Crippen molar-refractivity contribution < 1.29 is 4.79 Å². The molecule has 0 bridgehead atoms. The van der Waals surface area contributed by atoms with Crippen LogP contribution in [0, 0.1) is 6.92 Å². The van der Waals surface area contributed by atoms with Crippen LogP contribution in [0.25, 0.3) is 0 Å². The molecule has 1 saturated carbocycles. The average molecular weight is 280 g/mol. The van der Waals surface area contributed by atoms with Gasteiger partial charge in [-0.1, -0.05) is 24.6 Å². The van der Waals surface area contributed by atoms with E-state index in [0.29, 0.717) is 17.0 Å². The van der Waals surface area contributed by atoms with E-state index in [1.165, 1.54) is 24.6 Å². The Bertz CT molecular complexity index is 440. The molecule has 1 aliphatic carbocycles. The van der Waals surface area contributed by atoms with Crippen molar-refractivity contribution in [3.63, 3.8) is 0 Å². The Labute approximate surface area is 117 Å². The summed E-state index contributed by atoms with van der Waals surface area (Å²) in [5.74, 6) is 0.499. The van der Waals surface area contributed by atoms with Crippen LogP contribution in [-0.4, -0.2) is 27.2 Å². The molecule has 3 N–H and O–H groups in total. The number of hydrogen-bond acceptors (Lipinski definition) is 5. The molecule has 1 amide bonds. The molecule has 0 spiro atoms. The predicted molar refractivity (Wildman–Crippen MR) is 76.9 cm³/mol. The molecule has 1 aromatic rings. The quantitative estimate of drug-likeness (QED) is 0.650. The Morgan fingerprint density at radius 3 is 2.79 bits per heavy atom. The number of nitrogens with one attached hydrogen (secondary N) is 1. The number of aryl methyl sites for hydroxylation is 1. The molecule has 19 heavy (non-hydrogen) atoms. The van der Waals surface area contributed by atoms with Gasteiger partial charge in [0.2, 0.25) is 5.91 Å². The minimum absolute atomic E-state index is 0.0561. The van der Waals surface area contributed by atoms with E-state index < -0.39 is 0 Å². The fraction of sp³-hybridized carbons (Fsp3) is 0.615. The molecule has 1 aromatic heterocycles. The second-order valence-corrected chi connectivity index (χ2v) is 6.27. The predicted octanol–water partition coefficient (Wildman–Crippen LogP) is 1.91. The zero-order valence-corrected chi connectivity index (χ0v) is 12.2. The van der Waals surface area contributed by atoms with Gasteiger partial charge in [-0.2, -0.15) is 0 Å². The molecule has 104 valence electrons. The molecule has 1 fully saturated rings. The van der Waals surface area contributed by atoms with Gasteiger partial charge in [0.1, 0.15) is 5.82 Å². The van der Waals surface area contributed by atoms with Crippen molar-refractivity contribution in [1.82, 2.24) is 15.3 Å². The van der Waals surface area contributed by atoms with Gasteiger partial charge in [0.15, 0.2) is 5.16 Å². The number of aromatic nitrogens is 2. The van der Waals surface area contributed by atoms with Gasteiger partial charge in [-0.15, -0.1) is 0 Å². The number of nitrogens with two attached hydrogens (primary N) is 1. The summed E-state index contributed by atoms with van der Waals surface area (Å²) in [6.45, 7) is 3.74. The van der Waals surface area contributed by atoms with Crippen LogP contribution >= 0.6 is 11.8 Å². The monoisotopic (exact) mass is 280 g/mol. The number of anilines is 1. The van der Waals surface area contributed by atoms with Crippen LogP contribution in [0.5, 0.6) is 0 Å². The highest BCUT2D eigenvalue weighted by molar-refractivity contribution is 8.00. The largest absolute Gasteiger partial charge is 0.384 e. The van der Waals surface area contributed by atoms with Crippen molar-refractivity contribution in [3.8, 4) is 0 Å². The zero-order valence-electron chi connectivity index (χ0n) is 11.3. The summed E-state index contributed by atoms with van der Waals surface area (Å²) in [5.41, 5.74) is 6.50. The van der Waals surface area contributed by atoms with E-state index in [-0.39, 0.29) is 11.2 Å². The summed E-state index contributed by atoms with van der Waals surface area (Å²) in [6.07, 6.45) is 4.61. The third-order valence-corrected chi connectivity index (χ3v) is 4.17. The highest BCUT2D eigenvalue weighted by Crippen LogP contribution is 2.22. The number of nitrogen functional groups attached to an aromatic ring is 1. The summed E-state index contributed by atoms with van der Waals surface area (Å²) in [5, 5.41) is 3.44. The maximum Gasteiger partial charge on any atom is 0.233 e. The fourth-order valence-corrected chi connectivity index (χ4v) is 3.06. The van der Waals surface area contributed by atoms with E-state index in [4.69, 9.17) is 5.73 Å². The zero-order chi connectivity index (χ0) is 13.8. The lowest BCUT2D eigenvalue weighted by Gasteiger charge is -2.15. The van der Waals surface area contributed by atoms with Crippen molar-refractivity contribution in [2.75, 3.05) is 5.73 Å².